The average molecular weight is 412 g/mol. The van der Waals surface area contributed by atoms with Crippen LogP contribution in [0.3, 0.4) is 0 Å². The molecule has 7 heteroatoms. The van der Waals surface area contributed by atoms with E-state index >= 15 is 0 Å². The maximum Gasteiger partial charge on any atom is 0.330 e. The Hall–Kier alpha value is -2.70. The van der Waals surface area contributed by atoms with E-state index in [1.165, 1.54) is 0 Å². The summed E-state index contributed by atoms with van der Waals surface area (Å²) in [4.78, 5) is 52.2. The summed E-state index contributed by atoms with van der Waals surface area (Å²) in [5.41, 5.74) is 1.67. The molecule has 30 heavy (non-hydrogen) atoms. The first kappa shape index (κ1) is 20.6. The smallest absolute Gasteiger partial charge is 0.330 e. The number of nitrogens with zero attached hydrogens (tertiary/aromatic N) is 1. The van der Waals surface area contributed by atoms with Crippen molar-refractivity contribution in [3.63, 3.8) is 0 Å². The number of likely N-dealkylation sites (tertiary alicyclic amines) is 1. The van der Waals surface area contributed by atoms with Crippen LogP contribution >= 0.6 is 0 Å². The molecule has 2 saturated carbocycles. The van der Waals surface area contributed by atoms with Crippen molar-refractivity contribution in [3.8, 4) is 0 Å². The zero-order valence-corrected chi connectivity index (χ0v) is 17.6. The zero-order chi connectivity index (χ0) is 21.6. The molecule has 0 unspecified atom stereocenters. The number of carbonyl (C=O) groups excluding carboxylic acids is 4. The third-order valence-electron chi connectivity index (χ3n) is 6.79. The highest BCUT2D eigenvalue weighted by atomic mass is 16.5. The lowest BCUT2D eigenvalue weighted by molar-refractivity contribution is -0.162. The largest absolute Gasteiger partial charge is 0.454 e. The summed E-state index contributed by atoms with van der Waals surface area (Å²) in [6, 6.07) is 6.26. The summed E-state index contributed by atoms with van der Waals surface area (Å²) >= 11 is 0. The molecule has 5 atom stereocenters. The molecule has 3 amide bonds. The van der Waals surface area contributed by atoms with Gasteiger partial charge in [0.1, 0.15) is 6.04 Å². The Labute approximate surface area is 176 Å². The molecule has 1 aliphatic heterocycles. The minimum Gasteiger partial charge on any atom is -0.454 e. The molecule has 3 fully saturated rings. The van der Waals surface area contributed by atoms with Crippen LogP contribution in [0, 0.1) is 36.5 Å². The van der Waals surface area contributed by atoms with E-state index in [2.05, 4.69) is 5.32 Å². The van der Waals surface area contributed by atoms with Gasteiger partial charge in [0.05, 0.1) is 11.8 Å². The van der Waals surface area contributed by atoms with E-state index < -0.39 is 24.5 Å². The molecule has 1 N–H and O–H groups in total. The lowest BCUT2D eigenvalue weighted by Gasteiger charge is -2.28. The molecule has 4 rings (SSSR count). The molecule has 2 bridgehead atoms. The van der Waals surface area contributed by atoms with Gasteiger partial charge in [0.25, 0.3) is 5.91 Å². The van der Waals surface area contributed by atoms with E-state index in [1.807, 2.05) is 19.1 Å². The fourth-order valence-electron chi connectivity index (χ4n) is 5.44. The normalized spacial score (nSPS) is 28.1. The topological polar surface area (TPSA) is 92.8 Å². The summed E-state index contributed by atoms with van der Waals surface area (Å²) < 4.78 is 5.23. The van der Waals surface area contributed by atoms with Crippen LogP contribution in [0.5, 0.6) is 0 Å². The summed E-state index contributed by atoms with van der Waals surface area (Å²) in [6.07, 6.45) is 2.90. The van der Waals surface area contributed by atoms with Crippen molar-refractivity contribution in [1.82, 2.24) is 4.90 Å². The Bertz CT molecular complexity index is 850. The molecule has 1 aromatic carbocycles. The Morgan fingerprint density at radius 3 is 2.17 bits per heavy atom. The molecule has 1 saturated heterocycles. The van der Waals surface area contributed by atoms with E-state index in [1.54, 1.807) is 26.0 Å². The van der Waals surface area contributed by atoms with Gasteiger partial charge in [-0.15, -0.1) is 0 Å². The molecular weight excluding hydrogens is 384 g/mol. The van der Waals surface area contributed by atoms with Crippen LogP contribution in [0.2, 0.25) is 0 Å². The molecule has 0 spiro atoms. The number of benzene rings is 1. The van der Waals surface area contributed by atoms with Crippen LogP contribution in [0.1, 0.15) is 38.7 Å². The second kappa shape index (κ2) is 7.85. The number of imide groups is 1. The monoisotopic (exact) mass is 412 g/mol. The molecule has 1 aromatic rings. The van der Waals surface area contributed by atoms with Gasteiger partial charge in [0.2, 0.25) is 11.8 Å². The SMILES string of the molecule is Cc1ccc(NC(=O)COC(=O)[C@H](C(C)C)N2C(=O)[C@@H]3[C@@H]4CC[C@@H](C4)[C@@H]3C2=O)cc1. The van der Waals surface area contributed by atoms with Gasteiger partial charge >= 0.3 is 5.97 Å². The van der Waals surface area contributed by atoms with Crippen molar-refractivity contribution < 1.29 is 23.9 Å². The van der Waals surface area contributed by atoms with Crippen molar-refractivity contribution in [2.24, 2.45) is 29.6 Å². The highest BCUT2D eigenvalue weighted by Crippen LogP contribution is 2.56. The fraction of sp³-hybridized carbons (Fsp3) is 0.565. The van der Waals surface area contributed by atoms with Crippen molar-refractivity contribution in [2.75, 3.05) is 11.9 Å². The number of carbonyl (C=O) groups is 4. The third kappa shape index (κ3) is 3.50. The zero-order valence-electron chi connectivity index (χ0n) is 17.6. The van der Waals surface area contributed by atoms with Gasteiger partial charge < -0.3 is 10.1 Å². The number of fused-ring (bicyclic) bond motifs is 5. The molecule has 0 radical (unpaired) electrons. The van der Waals surface area contributed by atoms with Gasteiger partial charge in [-0.1, -0.05) is 31.5 Å². The third-order valence-corrected chi connectivity index (χ3v) is 6.79. The lowest BCUT2D eigenvalue weighted by Crippen LogP contribution is -2.50. The molecule has 2 aliphatic carbocycles. The van der Waals surface area contributed by atoms with E-state index in [4.69, 9.17) is 4.74 Å². The lowest BCUT2D eigenvalue weighted by atomic mass is 9.81. The number of nitrogens with one attached hydrogen (secondary N) is 1. The van der Waals surface area contributed by atoms with Gasteiger partial charge in [0, 0.05) is 5.69 Å². The van der Waals surface area contributed by atoms with E-state index in [9.17, 15) is 19.2 Å². The number of hydrogen-bond donors (Lipinski definition) is 1. The number of ether oxygens (including phenoxy) is 1. The Balaban J connectivity index is 1.41. The van der Waals surface area contributed by atoms with Crippen LogP contribution in [-0.2, 0) is 23.9 Å². The van der Waals surface area contributed by atoms with Crippen LogP contribution in [0.4, 0.5) is 5.69 Å². The molecular formula is C23H28N2O5. The second-order valence-corrected chi connectivity index (χ2v) is 9.14. The number of rotatable bonds is 6. The Morgan fingerprint density at radius 1 is 1.07 bits per heavy atom. The molecule has 1 heterocycles. The number of hydrogen-bond acceptors (Lipinski definition) is 5. The van der Waals surface area contributed by atoms with E-state index in [0.29, 0.717) is 5.69 Å². The standard InChI is InChI=1S/C23H28N2O5/c1-12(2)20(23(29)30-11-17(26)24-16-8-4-13(3)5-9-16)25-21(27)18-14-6-7-15(10-14)19(18)22(25)28/h4-5,8-9,12,14-15,18-20H,6-7,10-11H2,1-3H3,(H,24,26)/t14-,15+,18-,19+,20-/m0/s1. The summed E-state index contributed by atoms with van der Waals surface area (Å²) in [7, 11) is 0. The predicted molar refractivity (Wildman–Crippen MR) is 109 cm³/mol. The van der Waals surface area contributed by atoms with Crippen molar-refractivity contribution in [2.45, 2.75) is 46.1 Å². The van der Waals surface area contributed by atoms with Gasteiger partial charge in [-0.2, -0.15) is 0 Å². The van der Waals surface area contributed by atoms with Crippen molar-refractivity contribution >= 4 is 29.4 Å². The van der Waals surface area contributed by atoms with Gasteiger partial charge in [-0.3, -0.25) is 19.3 Å². The predicted octanol–water partition coefficient (Wildman–Crippen LogP) is 2.53. The van der Waals surface area contributed by atoms with Gasteiger partial charge in [-0.25, -0.2) is 4.79 Å². The summed E-state index contributed by atoms with van der Waals surface area (Å²) in [5, 5.41) is 2.67. The quantitative estimate of drug-likeness (QED) is 0.573. The van der Waals surface area contributed by atoms with Gasteiger partial charge in [-0.05, 0) is 56.1 Å². The minimum atomic E-state index is -0.998. The fourth-order valence-corrected chi connectivity index (χ4v) is 5.44. The first-order valence-corrected chi connectivity index (χ1v) is 10.7. The second-order valence-electron chi connectivity index (χ2n) is 9.14. The van der Waals surface area contributed by atoms with Crippen molar-refractivity contribution in [1.29, 1.82) is 0 Å². The maximum atomic E-state index is 13.1. The van der Waals surface area contributed by atoms with Crippen LogP contribution < -0.4 is 5.32 Å². The number of aryl methyl sites for hydroxylation is 1. The van der Waals surface area contributed by atoms with E-state index in [-0.39, 0.29) is 41.4 Å². The first-order valence-electron chi connectivity index (χ1n) is 10.7. The molecule has 160 valence electrons. The molecule has 7 nitrogen and oxygen atoms in total. The van der Waals surface area contributed by atoms with Crippen molar-refractivity contribution in [3.05, 3.63) is 29.8 Å². The maximum absolute atomic E-state index is 13.1. The summed E-state index contributed by atoms with van der Waals surface area (Å²) in [5.74, 6) is -2.01. The highest BCUT2D eigenvalue weighted by Gasteiger charge is 2.62. The number of esters is 1. The first-order chi connectivity index (χ1) is 14.3. The Kier molecular flexibility index (Phi) is 5.38. The number of anilines is 1. The number of amides is 3. The van der Waals surface area contributed by atoms with E-state index in [0.717, 1.165) is 29.7 Å². The highest BCUT2D eigenvalue weighted by molar-refractivity contribution is 6.08. The molecule has 3 aliphatic rings. The van der Waals surface area contributed by atoms with Crippen LogP contribution in [0.15, 0.2) is 24.3 Å². The summed E-state index contributed by atoms with van der Waals surface area (Å²) in [6.45, 7) is 5.04. The minimum absolute atomic E-state index is 0.239. The van der Waals surface area contributed by atoms with Crippen LogP contribution in [-0.4, -0.2) is 41.2 Å². The van der Waals surface area contributed by atoms with Crippen LogP contribution in [0.25, 0.3) is 0 Å². The molecule has 0 aromatic heterocycles. The average Bonchev–Trinajstić information content (AvgIpc) is 3.38. The Morgan fingerprint density at radius 2 is 1.63 bits per heavy atom. The van der Waals surface area contributed by atoms with Gasteiger partial charge in [0.15, 0.2) is 6.61 Å².